The Kier molecular flexibility index (Phi) is 7.50. The number of aryl methyl sites for hydroxylation is 2. The molecule has 2 saturated heterocycles. The molecule has 2 aliphatic rings. The standard InChI is InChI=1S/C25H33N5O3S/c1-16-6-7-19(14-17(16)2)15-26-23(32)20-8-12-30(13-9-20)25-28-22(27-18(3)31)21(34-25)24(33)29-10-4-5-11-29/h6-7,14,20H,4-5,8-13,15H2,1-3H3,(H,26,32)(H,27,31). The van der Waals surface area contributed by atoms with Crippen LogP contribution in [0.4, 0.5) is 10.9 Å². The van der Waals surface area contributed by atoms with Crippen LogP contribution in [0.5, 0.6) is 0 Å². The lowest BCUT2D eigenvalue weighted by Crippen LogP contribution is -2.40. The van der Waals surface area contributed by atoms with Gasteiger partial charge in [0.05, 0.1) is 0 Å². The maximum absolute atomic E-state index is 13.0. The van der Waals surface area contributed by atoms with E-state index in [0.717, 1.165) is 49.5 Å². The van der Waals surface area contributed by atoms with Crippen molar-refractivity contribution in [3.63, 3.8) is 0 Å². The van der Waals surface area contributed by atoms with Gasteiger partial charge in [0, 0.05) is 45.6 Å². The number of hydrogen-bond acceptors (Lipinski definition) is 6. The second-order valence-electron chi connectivity index (χ2n) is 9.25. The first kappa shape index (κ1) is 24.2. The van der Waals surface area contributed by atoms with Crippen LogP contribution in [0.25, 0.3) is 0 Å². The molecular formula is C25H33N5O3S. The molecule has 0 saturated carbocycles. The molecule has 0 radical (unpaired) electrons. The number of likely N-dealkylation sites (tertiary alicyclic amines) is 1. The quantitative estimate of drug-likeness (QED) is 0.656. The van der Waals surface area contributed by atoms with Gasteiger partial charge in [0.25, 0.3) is 5.91 Å². The number of benzene rings is 1. The average Bonchev–Trinajstić information content (AvgIpc) is 3.50. The minimum atomic E-state index is -0.244. The van der Waals surface area contributed by atoms with Gasteiger partial charge < -0.3 is 20.4 Å². The third-order valence-corrected chi connectivity index (χ3v) is 7.78. The summed E-state index contributed by atoms with van der Waals surface area (Å²) >= 11 is 1.33. The molecule has 3 amide bonds. The number of thiazole rings is 1. The number of carbonyl (C=O) groups excluding carboxylic acids is 3. The van der Waals surface area contributed by atoms with Crippen LogP contribution < -0.4 is 15.5 Å². The minimum Gasteiger partial charge on any atom is -0.352 e. The molecule has 0 atom stereocenters. The largest absolute Gasteiger partial charge is 0.352 e. The molecule has 34 heavy (non-hydrogen) atoms. The zero-order chi connectivity index (χ0) is 24.2. The molecule has 2 N–H and O–H groups in total. The SMILES string of the molecule is CC(=O)Nc1nc(N2CCC(C(=O)NCc3ccc(C)c(C)c3)CC2)sc1C(=O)N1CCCC1. The molecule has 8 nitrogen and oxygen atoms in total. The number of amides is 3. The van der Waals surface area contributed by atoms with Gasteiger partial charge in [0.15, 0.2) is 10.9 Å². The van der Waals surface area contributed by atoms with Gasteiger partial charge >= 0.3 is 0 Å². The van der Waals surface area contributed by atoms with E-state index in [1.807, 2.05) is 4.90 Å². The Morgan fingerprint density at radius 3 is 2.41 bits per heavy atom. The smallest absolute Gasteiger partial charge is 0.267 e. The summed E-state index contributed by atoms with van der Waals surface area (Å²) in [6.45, 7) is 8.98. The van der Waals surface area contributed by atoms with Crippen molar-refractivity contribution >= 4 is 40.0 Å². The number of anilines is 2. The Morgan fingerprint density at radius 2 is 1.76 bits per heavy atom. The predicted octanol–water partition coefficient (Wildman–Crippen LogP) is 3.49. The zero-order valence-corrected chi connectivity index (χ0v) is 21.0. The van der Waals surface area contributed by atoms with Crippen LogP contribution in [0.1, 0.15) is 59.0 Å². The van der Waals surface area contributed by atoms with Crippen LogP contribution in [0.15, 0.2) is 18.2 Å². The molecule has 2 aromatic rings. The normalized spacial score (nSPS) is 16.6. The van der Waals surface area contributed by atoms with Gasteiger partial charge in [-0.3, -0.25) is 14.4 Å². The first-order valence-corrected chi connectivity index (χ1v) is 12.8. The first-order chi connectivity index (χ1) is 16.3. The van der Waals surface area contributed by atoms with Gasteiger partial charge in [-0.1, -0.05) is 29.5 Å². The van der Waals surface area contributed by atoms with Crippen molar-refractivity contribution in [2.75, 3.05) is 36.4 Å². The highest BCUT2D eigenvalue weighted by Gasteiger charge is 2.30. The Balaban J connectivity index is 1.36. The van der Waals surface area contributed by atoms with Gasteiger partial charge in [0.2, 0.25) is 11.8 Å². The van der Waals surface area contributed by atoms with Crippen LogP contribution in [-0.2, 0) is 16.1 Å². The van der Waals surface area contributed by atoms with Crippen LogP contribution in [0, 0.1) is 19.8 Å². The predicted molar refractivity (Wildman–Crippen MR) is 134 cm³/mol. The lowest BCUT2D eigenvalue weighted by Gasteiger charge is -2.31. The molecule has 0 unspecified atom stereocenters. The van der Waals surface area contributed by atoms with Crippen molar-refractivity contribution in [2.24, 2.45) is 5.92 Å². The molecule has 2 aliphatic heterocycles. The number of carbonyl (C=O) groups is 3. The van der Waals surface area contributed by atoms with E-state index in [1.54, 1.807) is 0 Å². The molecule has 3 heterocycles. The van der Waals surface area contributed by atoms with E-state index < -0.39 is 0 Å². The average molecular weight is 484 g/mol. The number of hydrogen-bond donors (Lipinski definition) is 2. The van der Waals surface area contributed by atoms with Crippen LogP contribution in [0.3, 0.4) is 0 Å². The molecule has 0 bridgehead atoms. The second-order valence-corrected chi connectivity index (χ2v) is 10.2. The fraction of sp³-hybridized carbons (Fsp3) is 0.520. The molecule has 9 heteroatoms. The van der Waals surface area contributed by atoms with E-state index in [1.165, 1.54) is 29.4 Å². The van der Waals surface area contributed by atoms with Gasteiger partial charge in [0.1, 0.15) is 4.88 Å². The second kappa shape index (κ2) is 10.5. The number of piperidine rings is 1. The Hall–Kier alpha value is -2.94. The summed E-state index contributed by atoms with van der Waals surface area (Å²) in [6, 6.07) is 6.26. The Labute approximate surface area is 204 Å². The van der Waals surface area contributed by atoms with Crippen molar-refractivity contribution in [3.8, 4) is 0 Å². The minimum absolute atomic E-state index is 0.0386. The number of nitrogens with zero attached hydrogens (tertiary/aromatic N) is 3. The topological polar surface area (TPSA) is 94.6 Å². The summed E-state index contributed by atoms with van der Waals surface area (Å²) in [6.07, 6.45) is 3.46. The monoisotopic (exact) mass is 483 g/mol. The molecule has 1 aromatic carbocycles. The third kappa shape index (κ3) is 5.58. The van der Waals surface area contributed by atoms with E-state index in [4.69, 9.17) is 0 Å². The highest BCUT2D eigenvalue weighted by atomic mass is 32.1. The summed E-state index contributed by atoms with van der Waals surface area (Å²) in [4.78, 5) is 46.4. The zero-order valence-electron chi connectivity index (χ0n) is 20.1. The molecule has 2 fully saturated rings. The van der Waals surface area contributed by atoms with Crippen LogP contribution in [-0.4, -0.2) is 53.8 Å². The van der Waals surface area contributed by atoms with E-state index in [0.29, 0.717) is 30.3 Å². The number of nitrogens with one attached hydrogen (secondary N) is 2. The Morgan fingerprint density at radius 1 is 1.06 bits per heavy atom. The van der Waals surface area contributed by atoms with Crippen molar-refractivity contribution in [2.45, 2.75) is 53.0 Å². The fourth-order valence-electron chi connectivity index (χ4n) is 4.48. The summed E-state index contributed by atoms with van der Waals surface area (Å²) in [5.41, 5.74) is 3.58. The van der Waals surface area contributed by atoms with Gasteiger partial charge in [-0.25, -0.2) is 4.98 Å². The summed E-state index contributed by atoms with van der Waals surface area (Å²) in [7, 11) is 0. The highest BCUT2D eigenvalue weighted by Crippen LogP contribution is 2.34. The van der Waals surface area contributed by atoms with Crippen molar-refractivity contribution in [3.05, 3.63) is 39.8 Å². The van der Waals surface area contributed by atoms with E-state index >= 15 is 0 Å². The van der Waals surface area contributed by atoms with E-state index in [9.17, 15) is 14.4 Å². The van der Waals surface area contributed by atoms with Crippen molar-refractivity contribution in [1.29, 1.82) is 0 Å². The molecule has 0 spiro atoms. The maximum Gasteiger partial charge on any atom is 0.267 e. The van der Waals surface area contributed by atoms with E-state index in [-0.39, 0.29) is 23.6 Å². The third-order valence-electron chi connectivity index (χ3n) is 6.67. The first-order valence-electron chi connectivity index (χ1n) is 12.0. The molecule has 0 aliphatic carbocycles. The van der Waals surface area contributed by atoms with Gasteiger partial charge in [-0.15, -0.1) is 0 Å². The molecule has 182 valence electrons. The molecule has 4 rings (SSSR count). The summed E-state index contributed by atoms with van der Waals surface area (Å²) in [5.74, 6) is 0.0823. The number of aromatic nitrogens is 1. The lowest BCUT2D eigenvalue weighted by molar-refractivity contribution is -0.125. The lowest BCUT2D eigenvalue weighted by atomic mass is 9.96. The fourth-order valence-corrected chi connectivity index (χ4v) is 5.53. The van der Waals surface area contributed by atoms with Crippen molar-refractivity contribution in [1.82, 2.24) is 15.2 Å². The Bertz CT molecular complexity index is 1070. The van der Waals surface area contributed by atoms with Gasteiger partial charge in [-0.2, -0.15) is 0 Å². The maximum atomic E-state index is 13.0. The van der Waals surface area contributed by atoms with Crippen LogP contribution >= 0.6 is 11.3 Å². The van der Waals surface area contributed by atoms with Crippen molar-refractivity contribution < 1.29 is 14.4 Å². The summed E-state index contributed by atoms with van der Waals surface area (Å²) in [5, 5.41) is 6.53. The highest BCUT2D eigenvalue weighted by molar-refractivity contribution is 7.18. The van der Waals surface area contributed by atoms with E-state index in [2.05, 4.69) is 52.6 Å². The molecule has 1 aromatic heterocycles. The van der Waals surface area contributed by atoms with Gasteiger partial charge in [-0.05, 0) is 56.2 Å². The number of rotatable bonds is 6. The van der Waals surface area contributed by atoms with Crippen LogP contribution in [0.2, 0.25) is 0 Å². The molecular weight excluding hydrogens is 450 g/mol. The summed E-state index contributed by atoms with van der Waals surface area (Å²) < 4.78 is 0.